The summed E-state index contributed by atoms with van der Waals surface area (Å²) in [5, 5.41) is 8.26. The standard InChI is InChI=1S/C12H16O2/c1-2-3-4-5-6-7-8-9-10-11-12(13)14/h4-11H,2-3H2,1H3,(H,13,14). The molecule has 0 aromatic heterocycles. The minimum atomic E-state index is -0.929. The number of carboxylic acids is 1. The number of hydrogen-bond donors (Lipinski definition) is 1. The maximum atomic E-state index is 10.1. The number of rotatable bonds is 6. The van der Waals surface area contributed by atoms with Crippen molar-refractivity contribution in [3.8, 4) is 0 Å². The van der Waals surface area contributed by atoms with Crippen LogP contribution < -0.4 is 0 Å². The number of hydrogen-bond acceptors (Lipinski definition) is 1. The van der Waals surface area contributed by atoms with Crippen molar-refractivity contribution < 1.29 is 9.90 Å². The second-order valence-electron chi connectivity index (χ2n) is 2.68. The van der Waals surface area contributed by atoms with Crippen LogP contribution in [0.3, 0.4) is 0 Å². The lowest BCUT2D eigenvalue weighted by atomic mass is 10.3. The molecular formula is C12H16O2. The molecule has 0 saturated carbocycles. The van der Waals surface area contributed by atoms with Gasteiger partial charge in [0, 0.05) is 6.08 Å². The van der Waals surface area contributed by atoms with E-state index in [1.807, 2.05) is 18.2 Å². The van der Waals surface area contributed by atoms with Crippen LogP contribution in [-0.4, -0.2) is 11.1 Å². The van der Waals surface area contributed by atoms with E-state index in [2.05, 4.69) is 13.0 Å². The Bertz CT molecular complexity index is 257. The molecule has 0 fully saturated rings. The molecule has 76 valence electrons. The van der Waals surface area contributed by atoms with Gasteiger partial charge in [0.2, 0.25) is 0 Å². The van der Waals surface area contributed by atoms with Crippen molar-refractivity contribution in [3.63, 3.8) is 0 Å². The number of carbonyl (C=O) groups is 1. The molecule has 0 heterocycles. The van der Waals surface area contributed by atoms with Gasteiger partial charge in [-0.1, -0.05) is 55.9 Å². The topological polar surface area (TPSA) is 37.3 Å². The van der Waals surface area contributed by atoms with Gasteiger partial charge in [0.25, 0.3) is 0 Å². The van der Waals surface area contributed by atoms with Gasteiger partial charge in [0.15, 0.2) is 0 Å². The first kappa shape index (κ1) is 12.4. The van der Waals surface area contributed by atoms with Gasteiger partial charge >= 0.3 is 5.97 Å². The van der Waals surface area contributed by atoms with E-state index >= 15 is 0 Å². The Hall–Kier alpha value is -1.57. The molecule has 0 aliphatic heterocycles. The number of unbranched alkanes of at least 4 members (excludes halogenated alkanes) is 1. The van der Waals surface area contributed by atoms with Crippen LogP contribution in [0.4, 0.5) is 0 Å². The van der Waals surface area contributed by atoms with Gasteiger partial charge in [-0.25, -0.2) is 4.79 Å². The summed E-state index contributed by atoms with van der Waals surface area (Å²) in [5.74, 6) is -0.929. The summed E-state index contributed by atoms with van der Waals surface area (Å²) in [4.78, 5) is 10.1. The van der Waals surface area contributed by atoms with Gasteiger partial charge in [0.1, 0.15) is 0 Å². The van der Waals surface area contributed by atoms with Crippen LogP contribution in [0.1, 0.15) is 19.8 Å². The van der Waals surface area contributed by atoms with Crippen molar-refractivity contribution in [2.24, 2.45) is 0 Å². The van der Waals surface area contributed by atoms with Crippen LogP contribution in [-0.2, 0) is 4.79 Å². The predicted octanol–water partition coefficient (Wildman–Crippen LogP) is 3.10. The third-order valence-corrected chi connectivity index (χ3v) is 1.39. The van der Waals surface area contributed by atoms with Crippen molar-refractivity contribution in [3.05, 3.63) is 48.6 Å². The molecule has 2 nitrogen and oxygen atoms in total. The summed E-state index contributed by atoms with van der Waals surface area (Å²) < 4.78 is 0. The molecule has 0 radical (unpaired) electrons. The molecular weight excluding hydrogens is 176 g/mol. The van der Waals surface area contributed by atoms with Crippen molar-refractivity contribution in [1.82, 2.24) is 0 Å². The van der Waals surface area contributed by atoms with E-state index in [-0.39, 0.29) is 0 Å². The summed E-state index contributed by atoms with van der Waals surface area (Å²) in [6.07, 6.45) is 16.1. The Kier molecular flexibility index (Phi) is 8.45. The van der Waals surface area contributed by atoms with Crippen molar-refractivity contribution in [2.45, 2.75) is 19.8 Å². The summed E-state index contributed by atoms with van der Waals surface area (Å²) in [7, 11) is 0. The van der Waals surface area contributed by atoms with E-state index < -0.39 is 5.97 Å². The fourth-order valence-corrected chi connectivity index (χ4v) is 0.736. The van der Waals surface area contributed by atoms with Gasteiger partial charge in [-0.3, -0.25) is 0 Å². The van der Waals surface area contributed by atoms with Crippen molar-refractivity contribution in [2.75, 3.05) is 0 Å². The second-order valence-corrected chi connectivity index (χ2v) is 2.68. The van der Waals surface area contributed by atoms with E-state index in [9.17, 15) is 4.79 Å². The Labute approximate surface area is 85.0 Å². The van der Waals surface area contributed by atoms with E-state index in [0.717, 1.165) is 18.9 Å². The van der Waals surface area contributed by atoms with Gasteiger partial charge in [-0.2, -0.15) is 0 Å². The quantitative estimate of drug-likeness (QED) is 0.518. The van der Waals surface area contributed by atoms with Gasteiger partial charge in [0.05, 0.1) is 0 Å². The van der Waals surface area contributed by atoms with Gasteiger partial charge < -0.3 is 5.11 Å². The molecule has 0 bridgehead atoms. The Morgan fingerprint density at radius 2 is 1.64 bits per heavy atom. The normalized spacial score (nSPS) is 12.6. The highest BCUT2D eigenvalue weighted by Crippen LogP contribution is 1.89. The maximum Gasteiger partial charge on any atom is 0.328 e. The smallest absolute Gasteiger partial charge is 0.328 e. The summed E-state index contributed by atoms with van der Waals surface area (Å²) >= 11 is 0. The van der Waals surface area contributed by atoms with Crippen LogP contribution in [0.5, 0.6) is 0 Å². The van der Waals surface area contributed by atoms with Crippen LogP contribution in [0.15, 0.2) is 48.6 Å². The molecule has 0 aromatic rings. The van der Waals surface area contributed by atoms with E-state index in [4.69, 9.17) is 5.11 Å². The summed E-state index contributed by atoms with van der Waals surface area (Å²) in [5.41, 5.74) is 0. The molecule has 0 rings (SSSR count). The van der Waals surface area contributed by atoms with Gasteiger partial charge in [-0.15, -0.1) is 0 Å². The van der Waals surface area contributed by atoms with E-state index in [1.165, 1.54) is 6.08 Å². The molecule has 0 aromatic carbocycles. The van der Waals surface area contributed by atoms with Crippen molar-refractivity contribution >= 4 is 5.97 Å². The second kappa shape index (κ2) is 9.52. The van der Waals surface area contributed by atoms with Crippen molar-refractivity contribution in [1.29, 1.82) is 0 Å². The highest BCUT2D eigenvalue weighted by Gasteiger charge is 1.79. The number of aliphatic carboxylic acids is 1. The minimum absolute atomic E-state index is 0.929. The van der Waals surface area contributed by atoms with Crippen LogP contribution in [0.25, 0.3) is 0 Å². The fourth-order valence-electron chi connectivity index (χ4n) is 0.736. The van der Waals surface area contributed by atoms with Crippen LogP contribution in [0.2, 0.25) is 0 Å². The van der Waals surface area contributed by atoms with E-state index in [1.54, 1.807) is 12.2 Å². The Morgan fingerprint density at radius 3 is 2.21 bits per heavy atom. The molecule has 0 aliphatic rings. The van der Waals surface area contributed by atoms with Gasteiger partial charge in [-0.05, 0) is 6.42 Å². The lowest BCUT2D eigenvalue weighted by Gasteiger charge is -1.79. The zero-order chi connectivity index (χ0) is 10.6. The highest BCUT2D eigenvalue weighted by molar-refractivity contribution is 5.80. The molecule has 2 heteroatoms. The average Bonchev–Trinajstić information content (AvgIpc) is 2.15. The molecule has 1 N–H and O–H groups in total. The number of allylic oxidation sites excluding steroid dienone is 7. The highest BCUT2D eigenvalue weighted by atomic mass is 16.4. The first-order chi connectivity index (χ1) is 6.77. The average molecular weight is 192 g/mol. The largest absolute Gasteiger partial charge is 0.478 e. The SMILES string of the molecule is CCCC=CC=CC=CC=CC(=O)O. The molecule has 14 heavy (non-hydrogen) atoms. The minimum Gasteiger partial charge on any atom is -0.478 e. The molecule has 0 amide bonds. The Balaban J connectivity index is 3.65. The monoisotopic (exact) mass is 192 g/mol. The van der Waals surface area contributed by atoms with Crippen LogP contribution in [0, 0.1) is 0 Å². The summed E-state index contributed by atoms with van der Waals surface area (Å²) in [6, 6.07) is 0. The first-order valence-corrected chi connectivity index (χ1v) is 4.67. The lowest BCUT2D eigenvalue weighted by molar-refractivity contribution is -0.131. The Morgan fingerprint density at radius 1 is 1.07 bits per heavy atom. The zero-order valence-corrected chi connectivity index (χ0v) is 8.39. The van der Waals surface area contributed by atoms with Crippen LogP contribution >= 0.6 is 0 Å². The predicted molar refractivity (Wildman–Crippen MR) is 59.1 cm³/mol. The molecule has 0 unspecified atom stereocenters. The maximum absolute atomic E-state index is 10.1. The fraction of sp³-hybridized carbons (Fsp3) is 0.250. The molecule has 0 saturated heterocycles. The van der Waals surface area contributed by atoms with E-state index in [0.29, 0.717) is 0 Å². The molecule has 0 aliphatic carbocycles. The first-order valence-electron chi connectivity index (χ1n) is 4.67. The number of carboxylic acid groups (broad SMARTS) is 1. The third kappa shape index (κ3) is 10.4. The zero-order valence-electron chi connectivity index (χ0n) is 8.39. The summed E-state index contributed by atoms with van der Waals surface area (Å²) in [6.45, 7) is 2.13. The lowest BCUT2D eigenvalue weighted by Crippen LogP contribution is -1.84. The third-order valence-electron chi connectivity index (χ3n) is 1.39. The molecule has 0 spiro atoms. The molecule has 0 atom stereocenters.